The Balaban J connectivity index is 1.53. The molecule has 0 radical (unpaired) electrons. The molecule has 2 aromatic rings. The molecule has 3 atom stereocenters. The SMILES string of the molecule is COC(=O)NCCO[C@@H](c1cccc(Cl)c1)[C@@H]1CCCN(C(=O)NC[C@@H](N)COc2ccccc2)C1. The molecule has 4 N–H and O–H groups in total. The van der Waals surface area contributed by atoms with Gasteiger partial charge in [0.25, 0.3) is 0 Å². The van der Waals surface area contributed by atoms with Crippen LogP contribution < -0.4 is 21.1 Å². The summed E-state index contributed by atoms with van der Waals surface area (Å²) in [6.07, 6.45) is 0.962. The van der Waals surface area contributed by atoms with E-state index in [1.165, 1.54) is 7.11 Å². The summed E-state index contributed by atoms with van der Waals surface area (Å²) in [6, 6.07) is 16.5. The van der Waals surface area contributed by atoms with Gasteiger partial charge in [-0.25, -0.2) is 9.59 Å². The lowest BCUT2D eigenvalue weighted by Gasteiger charge is -2.37. The van der Waals surface area contributed by atoms with Crippen LogP contribution in [0.25, 0.3) is 0 Å². The van der Waals surface area contributed by atoms with Crippen LogP contribution in [0.2, 0.25) is 5.02 Å². The summed E-state index contributed by atoms with van der Waals surface area (Å²) >= 11 is 6.24. The number of methoxy groups -OCH3 is 1. The van der Waals surface area contributed by atoms with Crippen molar-refractivity contribution in [3.63, 3.8) is 0 Å². The molecule has 3 amide bonds. The number of nitrogens with two attached hydrogens (primary N) is 1. The molecule has 196 valence electrons. The highest BCUT2D eigenvalue weighted by Crippen LogP contribution is 2.34. The van der Waals surface area contributed by atoms with Gasteiger partial charge in [-0.3, -0.25) is 0 Å². The van der Waals surface area contributed by atoms with Crippen molar-refractivity contribution in [3.05, 3.63) is 65.2 Å². The van der Waals surface area contributed by atoms with Gasteiger partial charge in [-0.1, -0.05) is 41.9 Å². The number of benzene rings is 2. The lowest BCUT2D eigenvalue weighted by molar-refractivity contribution is -0.00849. The predicted molar refractivity (Wildman–Crippen MR) is 138 cm³/mol. The predicted octanol–water partition coefficient (Wildman–Crippen LogP) is 3.58. The summed E-state index contributed by atoms with van der Waals surface area (Å²) < 4.78 is 16.5. The molecule has 1 fully saturated rings. The van der Waals surface area contributed by atoms with Gasteiger partial charge in [-0.05, 0) is 42.7 Å². The number of nitrogens with zero attached hydrogens (tertiary/aromatic N) is 1. The Kier molecular flexibility index (Phi) is 11.1. The number of amides is 3. The fraction of sp³-hybridized carbons (Fsp3) is 0.462. The quantitative estimate of drug-likeness (QED) is 0.392. The monoisotopic (exact) mass is 518 g/mol. The molecule has 1 aliphatic heterocycles. The van der Waals surface area contributed by atoms with E-state index >= 15 is 0 Å². The first-order valence-electron chi connectivity index (χ1n) is 12.1. The van der Waals surface area contributed by atoms with Gasteiger partial charge in [0, 0.05) is 37.1 Å². The van der Waals surface area contributed by atoms with Gasteiger partial charge in [-0.15, -0.1) is 0 Å². The summed E-state index contributed by atoms with van der Waals surface area (Å²) in [5, 5.41) is 6.16. The van der Waals surface area contributed by atoms with Crippen LogP contribution in [-0.2, 0) is 9.47 Å². The van der Waals surface area contributed by atoms with Crippen molar-refractivity contribution < 1.29 is 23.8 Å². The number of likely N-dealkylation sites (tertiary alicyclic amines) is 1. The molecular weight excluding hydrogens is 484 g/mol. The van der Waals surface area contributed by atoms with E-state index < -0.39 is 6.09 Å². The highest BCUT2D eigenvalue weighted by molar-refractivity contribution is 6.30. The molecule has 1 aliphatic rings. The van der Waals surface area contributed by atoms with E-state index in [0.29, 0.717) is 44.4 Å². The average Bonchev–Trinajstić information content (AvgIpc) is 2.91. The third kappa shape index (κ3) is 8.89. The Hall–Kier alpha value is -3.01. The molecule has 0 bridgehead atoms. The molecule has 0 spiro atoms. The normalized spacial score (nSPS) is 17.1. The van der Waals surface area contributed by atoms with E-state index in [1.54, 1.807) is 4.90 Å². The van der Waals surface area contributed by atoms with Crippen molar-refractivity contribution in [2.45, 2.75) is 25.0 Å². The second-order valence-corrected chi connectivity index (χ2v) is 9.12. The number of hydrogen-bond acceptors (Lipinski definition) is 6. The molecule has 0 unspecified atom stereocenters. The fourth-order valence-electron chi connectivity index (χ4n) is 4.15. The summed E-state index contributed by atoms with van der Waals surface area (Å²) in [5.41, 5.74) is 7.07. The topological polar surface area (TPSA) is 115 Å². The van der Waals surface area contributed by atoms with Crippen molar-refractivity contribution in [2.24, 2.45) is 11.7 Å². The van der Waals surface area contributed by atoms with Crippen LogP contribution in [0.3, 0.4) is 0 Å². The van der Waals surface area contributed by atoms with Crippen LogP contribution in [0.15, 0.2) is 54.6 Å². The van der Waals surface area contributed by atoms with E-state index in [2.05, 4.69) is 15.4 Å². The van der Waals surface area contributed by atoms with Gasteiger partial charge in [0.2, 0.25) is 0 Å². The average molecular weight is 519 g/mol. The van der Waals surface area contributed by atoms with Gasteiger partial charge in [0.05, 0.1) is 25.9 Å². The molecule has 10 heteroatoms. The largest absolute Gasteiger partial charge is 0.492 e. The van der Waals surface area contributed by atoms with Crippen LogP contribution in [-0.4, -0.2) is 69.6 Å². The Morgan fingerprint density at radius 1 is 1.17 bits per heavy atom. The molecular formula is C26H35ClN4O5. The van der Waals surface area contributed by atoms with Crippen molar-refractivity contribution >= 4 is 23.7 Å². The van der Waals surface area contributed by atoms with Gasteiger partial charge < -0.3 is 35.5 Å². The van der Waals surface area contributed by atoms with Crippen LogP contribution in [0.4, 0.5) is 9.59 Å². The number of piperidine rings is 1. The number of para-hydroxylation sites is 1. The number of carbonyl (C=O) groups excluding carboxylic acids is 2. The second-order valence-electron chi connectivity index (χ2n) is 8.68. The number of rotatable bonds is 11. The van der Waals surface area contributed by atoms with Gasteiger partial charge in [0.15, 0.2) is 0 Å². The first-order chi connectivity index (χ1) is 17.5. The molecule has 1 heterocycles. The zero-order valence-electron chi connectivity index (χ0n) is 20.5. The number of hydrogen-bond donors (Lipinski definition) is 3. The van der Waals surface area contributed by atoms with Gasteiger partial charge in [-0.2, -0.15) is 0 Å². The Labute approximate surface area is 217 Å². The molecule has 9 nitrogen and oxygen atoms in total. The minimum atomic E-state index is -0.509. The highest BCUT2D eigenvalue weighted by Gasteiger charge is 2.31. The highest BCUT2D eigenvalue weighted by atomic mass is 35.5. The molecule has 0 saturated carbocycles. The molecule has 36 heavy (non-hydrogen) atoms. The maximum atomic E-state index is 12.9. The standard InChI is InChI=1S/C26H35ClN4O5/c1-34-26(33)29-12-14-35-24(19-7-5-9-21(27)15-19)20-8-6-13-31(17-20)25(32)30-16-22(28)18-36-23-10-3-2-4-11-23/h2-5,7,9-11,15,20,22,24H,6,8,12-14,16-18,28H2,1H3,(H,29,33)(H,30,32)/t20-,22-,24+/m1/s1. The Bertz CT molecular complexity index is 964. The summed E-state index contributed by atoms with van der Waals surface area (Å²) in [4.78, 5) is 26.0. The molecule has 3 rings (SSSR count). The lowest BCUT2D eigenvalue weighted by Crippen LogP contribution is -2.50. The molecule has 2 aromatic carbocycles. The second kappa shape index (κ2) is 14.5. The molecule has 0 aliphatic carbocycles. The van der Waals surface area contributed by atoms with Crippen molar-refractivity contribution in [3.8, 4) is 5.75 Å². The number of nitrogens with one attached hydrogen (secondary N) is 2. The summed E-state index contributed by atoms with van der Waals surface area (Å²) in [7, 11) is 1.32. The van der Waals surface area contributed by atoms with Gasteiger partial charge in [0.1, 0.15) is 12.4 Å². The van der Waals surface area contributed by atoms with E-state index in [0.717, 1.165) is 24.2 Å². The molecule has 1 saturated heterocycles. The summed E-state index contributed by atoms with van der Waals surface area (Å²) in [6.45, 7) is 2.40. The number of alkyl carbamates (subject to hydrolysis) is 1. The van der Waals surface area contributed by atoms with E-state index in [9.17, 15) is 9.59 Å². The van der Waals surface area contributed by atoms with Crippen LogP contribution >= 0.6 is 11.6 Å². The van der Waals surface area contributed by atoms with Crippen molar-refractivity contribution in [1.29, 1.82) is 0 Å². The van der Waals surface area contributed by atoms with E-state index in [4.69, 9.17) is 26.8 Å². The van der Waals surface area contributed by atoms with E-state index in [1.807, 2.05) is 54.6 Å². The Morgan fingerprint density at radius 2 is 1.97 bits per heavy atom. The minimum Gasteiger partial charge on any atom is -0.492 e. The smallest absolute Gasteiger partial charge is 0.406 e. The zero-order valence-corrected chi connectivity index (χ0v) is 21.3. The number of carbonyl (C=O) groups is 2. The lowest BCUT2D eigenvalue weighted by atomic mass is 9.88. The van der Waals surface area contributed by atoms with Crippen LogP contribution in [0, 0.1) is 5.92 Å². The Morgan fingerprint density at radius 3 is 2.72 bits per heavy atom. The first-order valence-corrected chi connectivity index (χ1v) is 12.5. The molecule has 0 aromatic heterocycles. The number of halogens is 1. The first kappa shape index (κ1) is 27.6. The maximum absolute atomic E-state index is 12.9. The zero-order chi connectivity index (χ0) is 25.8. The van der Waals surface area contributed by atoms with Crippen LogP contribution in [0.5, 0.6) is 5.75 Å². The number of ether oxygens (including phenoxy) is 3. The minimum absolute atomic E-state index is 0.0659. The maximum Gasteiger partial charge on any atom is 0.406 e. The third-order valence-electron chi connectivity index (χ3n) is 5.93. The van der Waals surface area contributed by atoms with Crippen molar-refractivity contribution in [2.75, 3.05) is 46.5 Å². The van der Waals surface area contributed by atoms with Crippen LogP contribution in [0.1, 0.15) is 24.5 Å². The van der Waals surface area contributed by atoms with Gasteiger partial charge >= 0.3 is 12.1 Å². The third-order valence-corrected chi connectivity index (χ3v) is 6.16. The number of urea groups is 1. The fourth-order valence-corrected chi connectivity index (χ4v) is 4.35. The summed E-state index contributed by atoms with van der Waals surface area (Å²) in [5.74, 6) is 0.808. The van der Waals surface area contributed by atoms with E-state index in [-0.39, 0.29) is 24.1 Å². The van der Waals surface area contributed by atoms with Crippen molar-refractivity contribution in [1.82, 2.24) is 15.5 Å².